The Bertz CT molecular complexity index is 658. The molecule has 2 rings (SSSR count). The molecule has 0 aliphatic heterocycles. The number of thioether (sulfide) groups is 1. The fourth-order valence-corrected chi connectivity index (χ4v) is 3.16. The first kappa shape index (κ1) is 14.8. The number of carbonyl (C=O) groups excluding carboxylic acids is 1. The maximum absolute atomic E-state index is 11.1. The van der Waals surface area contributed by atoms with Crippen LogP contribution in [-0.2, 0) is 5.75 Å². The van der Waals surface area contributed by atoms with Crippen LogP contribution in [0.3, 0.4) is 0 Å². The molecular weight excluding hydrogens is 292 g/mol. The summed E-state index contributed by atoms with van der Waals surface area (Å²) in [6.07, 6.45) is 0. The highest BCUT2D eigenvalue weighted by Crippen LogP contribution is 2.31. The first-order valence-electron chi connectivity index (χ1n) is 6.05. The minimum Gasteiger partial charge on any atom is -0.398 e. The highest BCUT2D eigenvalue weighted by Gasteiger charge is 2.08. The lowest BCUT2D eigenvalue weighted by molar-refractivity contribution is 0.100. The predicted octanol–water partition coefficient (Wildman–Crippen LogP) is 3.62. The third-order valence-corrected chi connectivity index (χ3v) is 4.61. The van der Waals surface area contributed by atoms with Crippen molar-refractivity contribution in [3.8, 4) is 0 Å². The highest BCUT2D eigenvalue weighted by atomic mass is 35.5. The molecule has 0 saturated carbocycles. The largest absolute Gasteiger partial charge is 0.398 e. The van der Waals surface area contributed by atoms with E-state index < -0.39 is 5.91 Å². The molecule has 0 aliphatic carbocycles. The molecule has 104 valence electrons. The van der Waals surface area contributed by atoms with Gasteiger partial charge in [-0.2, -0.15) is 0 Å². The number of rotatable bonds is 4. The molecule has 0 spiro atoms. The molecule has 0 aliphatic rings. The number of primary amides is 1. The maximum Gasteiger partial charge on any atom is 0.248 e. The molecule has 0 heterocycles. The summed E-state index contributed by atoms with van der Waals surface area (Å²) < 4.78 is 0. The molecular formula is C15H15ClN2OS. The zero-order chi connectivity index (χ0) is 14.7. The maximum atomic E-state index is 11.1. The van der Waals surface area contributed by atoms with Crippen molar-refractivity contribution >= 4 is 35.0 Å². The third-order valence-electron chi connectivity index (χ3n) is 3.05. The van der Waals surface area contributed by atoms with Crippen molar-refractivity contribution < 1.29 is 4.79 Å². The number of nitrogens with two attached hydrogens (primary N) is 2. The minimum atomic E-state index is -0.474. The summed E-state index contributed by atoms with van der Waals surface area (Å²) in [6.45, 7) is 2.00. The first-order valence-corrected chi connectivity index (χ1v) is 7.41. The van der Waals surface area contributed by atoms with E-state index >= 15 is 0 Å². The van der Waals surface area contributed by atoms with Gasteiger partial charge in [-0.25, -0.2) is 0 Å². The van der Waals surface area contributed by atoms with Crippen molar-refractivity contribution in [2.75, 3.05) is 5.73 Å². The number of carbonyl (C=O) groups is 1. The number of hydrogen-bond donors (Lipinski definition) is 2. The molecule has 0 unspecified atom stereocenters. The molecule has 2 aromatic carbocycles. The molecule has 5 heteroatoms. The Hall–Kier alpha value is -1.65. The quantitative estimate of drug-likeness (QED) is 0.669. The molecule has 0 fully saturated rings. The lowest BCUT2D eigenvalue weighted by atomic mass is 10.1. The van der Waals surface area contributed by atoms with Gasteiger partial charge in [-0.15, -0.1) is 11.8 Å². The summed E-state index contributed by atoms with van der Waals surface area (Å²) in [5.41, 5.74) is 14.3. The minimum absolute atomic E-state index is 0.420. The van der Waals surface area contributed by atoms with Crippen molar-refractivity contribution in [2.24, 2.45) is 5.73 Å². The van der Waals surface area contributed by atoms with Gasteiger partial charge in [0.1, 0.15) is 0 Å². The molecule has 4 N–H and O–H groups in total. The normalized spacial score (nSPS) is 10.5. The van der Waals surface area contributed by atoms with Crippen LogP contribution in [0.25, 0.3) is 0 Å². The van der Waals surface area contributed by atoms with Gasteiger partial charge in [-0.05, 0) is 42.3 Å². The van der Waals surface area contributed by atoms with Gasteiger partial charge in [0.05, 0.1) is 0 Å². The Morgan fingerprint density at radius 2 is 2.05 bits per heavy atom. The second-order valence-corrected chi connectivity index (χ2v) is 5.85. The lowest BCUT2D eigenvalue weighted by Crippen LogP contribution is -2.10. The summed E-state index contributed by atoms with van der Waals surface area (Å²) in [5, 5.41) is 0.551. The van der Waals surface area contributed by atoms with Crippen molar-refractivity contribution in [1.82, 2.24) is 0 Å². The number of anilines is 1. The van der Waals surface area contributed by atoms with Crippen LogP contribution in [0, 0.1) is 6.92 Å². The van der Waals surface area contributed by atoms with E-state index in [4.69, 9.17) is 23.1 Å². The summed E-state index contributed by atoms with van der Waals surface area (Å²) in [7, 11) is 0. The summed E-state index contributed by atoms with van der Waals surface area (Å²) in [4.78, 5) is 12.2. The van der Waals surface area contributed by atoms with E-state index in [1.807, 2.05) is 31.2 Å². The molecule has 0 bridgehead atoms. The van der Waals surface area contributed by atoms with Crippen molar-refractivity contribution in [3.05, 3.63) is 58.1 Å². The number of hydrogen-bond acceptors (Lipinski definition) is 3. The number of benzene rings is 2. The van der Waals surface area contributed by atoms with Crippen molar-refractivity contribution in [1.29, 1.82) is 0 Å². The Balaban J connectivity index is 2.15. The second kappa shape index (κ2) is 6.20. The van der Waals surface area contributed by atoms with Crippen LogP contribution >= 0.6 is 23.4 Å². The predicted molar refractivity (Wildman–Crippen MR) is 85.1 cm³/mol. The lowest BCUT2D eigenvalue weighted by Gasteiger charge is -2.09. The number of nitrogen functional groups attached to an aromatic ring is 1. The Kier molecular flexibility index (Phi) is 4.57. The zero-order valence-electron chi connectivity index (χ0n) is 11.0. The topological polar surface area (TPSA) is 69.1 Å². The van der Waals surface area contributed by atoms with Crippen LogP contribution in [0.4, 0.5) is 5.69 Å². The Morgan fingerprint density at radius 1 is 1.30 bits per heavy atom. The van der Waals surface area contributed by atoms with Crippen LogP contribution in [0.2, 0.25) is 5.02 Å². The van der Waals surface area contributed by atoms with Crippen LogP contribution < -0.4 is 11.5 Å². The smallest absolute Gasteiger partial charge is 0.248 e. The average molecular weight is 307 g/mol. The summed E-state index contributed by atoms with van der Waals surface area (Å²) in [5.74, 6) is 0.236. The van der Waals surface area contributed by atoms with E-state index in [1.54, 1.807) is 23.9 Å². The summed E-state index contributed by atoms with van der Waals surface area (Å²) >= 11 is 7.83. The first-order chi connectivity index (χ1) is 9.49. The fourth-order valence-electron chi connectivity index (χ4n) is 1.76. The average Bonchev–Trinajstić information content (AvgIpc) is 2.41. The monoisotopic (exact) mass is 306 g/mol. The Labute approximate surface area is 127 Å². The van der Waals surface area contributed by atoms with Crippen molar-refractivity contribution in [2.45, 2.75) is 17.6 Å². The van der Waals surface area contributed by atoms with Crippen LogP contribution in [0.1, 0.15) is 21.5 Å². The fraction of sp³-hybridized carbons (Fsp3) is 0.133. The second-order valence-electron chi connectivity index (χ2n) is 4.43. The SMILES string of the molecule is Cc1c(N)cccc1SCc1ccc(C(N)=O)cc1Cl. The van der Waals surface area contributed by atoms with Gasteiger partial charge >= 0.3 is 0 Å². The molecule has 1 amide bonds. The van der Waals surface area contributed by atoms with Crippen LogP contribution in [0.15, 0.2) is 41.3 Å². The molecule has 20 heavy (non-hydrogen) atoms. The van der Waals surface area contributed by atoms with Crippen LogP contribution in [-0.4, -0.2) is 5.91 Å². The van der Waals surface area contributed by atoms with E-state index in [-0.39, 0.29) is 0 Å². The standard InChI is InChI=1S/C15H15ClN2OS/c1-9-13(17)3-2-4-14(9)20-8-11-6-5-10(15(18)19)7-12(11)16/h2-7H,8,17H2,1H3,(H2,18,19). The summed E-state index contributed by atoms with van der Waals surface area (Å²) in [6, 6.07) is 11.0. The van der Waals surface area contributed by atoms with Gasteiger partial charge in [0.15, 0.2) is 0 Å². The Morgan fingerprint density at radius 3 is 2.70 bits per heavy atom. The number of amides is 1. The van der Waals surface area contributed by atoms with E-state index in [0.29, 0.717) is 16.3 Å². The van der Waals surface area contributed by atoms with Gasteiger partial charge in [0.25, 0.3) is 0 Å². The van der Waals surface area contributed by atoms with E-state index in [0.717, 1.165) is 21.7 Å². The molecule has 0 atom stereocenters. The van der Waals surface area contributed by atoms with E-state index in [9.17, 15) is 4.79 Å². The molecule has 0 aromatic heterocycles. The van der Waals surface area contributed by atoms with E-state index in [2.05, 4.69) is 0 Å². The molecule has 0 saturated heterocycles. The molecule has 3 nitrogen and oxygen atoms in total. The van der Waals surface area contributed by atoms with Crippen molar-refractivity contribution in [3.63, 3.8) is 0 Å². The van der Waals surface area contributed by atoms with Gasteiger partial charge < -0.3 is 11.5 Å². The zero-order valence-corrected chi connectivity index (χ0v) is 12.6. The van der Waals surface area contributed by atoms with E-state index in [1.165, 1.54) is 0 Å². The third kappa shape index (κ3) is 3.26. The van der Waals surface area contributed by atoms with Gasteiger partial charge in [0.2, 0.25) is 5.91 Å². The van der Waals surface area contributed by atoms with Crippen LogP contribution in [0.5, 0.6) is 0 Å². The molecule has 0 radical (unpaired) electrons. The van der Waals surface area contributed by atoms with Gasteiger partial charge in [-0.1, -0.05) is 23.7 Å². The molecule has 2 aromatic rings. The van der Waals surface area contributed by atoms with Gasteiger partial charge in [0, 0.05) is 26.9 Å². The number of halogens is 1. The van der Waals surface area contributed by atoms with Gasteiger partial charge in [-0.3, -0.25) is 4.79 Å². The highest BCUT2D eigenvalue weighted by molar-refractivity contribution is 7.98.